The van der Waals surface area contributed by atoms with E-state index in [2.05, 4.69) is 6.07 Å². The van der Waals surface area contributed by atoms with Gasteiger partial charge in [0.1, 0.15) is 5.82 Å². The summed E-state index contributed by atoms with van der Waals surface area (Å²) < 4.78 is 38.1. The number of nitriles is 1. The van der Waals surface area contributed by atoms with Gasteiger partial charge in [-0.05, 0) is 29.8 Å². The third-order valence-corrected chi connectivity index (χ3v) is 6.02. The summed E-state index contributed by atoms with van der Waals surface area (Å²) in [5, 5.41) is 8.43. The Hall–Kier alpha value is -2.19. The number of halogens is 1. The van der Waals surface area contributed by atoms with E-state index in [1.165, 1.54) is 24.3 Å². The van der Waals surface area contributed by atoms with E-state index in [0.717, 1.165) is 0 Å². The van der Waals surface area contributed by atoms with Gasteiger partial charge < -0.3 is 0 Å². The summed E-state index contributed by atoms with van der Waals surface area (Å²) in [5.41, 5.74) is 0.687. The van der Waals surface area contributed by atoms with E-state index in [1.807, 2.05) is 0 Å². The van der Waals surface area contributed by atoms with Crippen LogP contribution in [0.4, 0.5) is 4.39 Å². The molecule has 0 bridgehead atoms. The number of benzene rings is 2. The average Bonchev–Trinajstić information content (AvgIpc) is 3.24. The largest absolute Gasteiger partial charge is 0.223 e. The zero-order valence-corrected chi connectivity index (χ0v) is 11.8. The van der Waals surface area contributed by atoms with Gasteiger partial charge in [-0.1, -0.05) is 30.3 Å². The highest BCUT2D eigenvalue weighted by Crippen LogP contribution is 2.53. The van der Waals surface area contributed by atoms with Crippen molar-refractivity contribution in [3.63, 3.8) is 0 Å². The maximum atomic E-state index is 13.0. The number of hydrogen-bond acceptors (Lipinski definition) is 3. The highest BCUT2D eigenvalue weighted by atomic mass is 32.2. The normalized spacial score (nSPS) is 24.3. The van der Waals surface area contributed by atoms with Crippen LogP contribution in [0.3, 0.4) is 0 Å². The molecule has 0 heterocycles. The summed E-state index contributed by atoms with van der Waals surface area (Å²) in [6.45, 7) is 0. The minimum atomic E-state index is -3.55. The molecule has 1 saturated carbocycles. The lowest BCUT2D eigenvalue weighted by Gasteiger charge is -2.03. The van der Waals surface area contributed by atoms with Crippen LogP contribution in [0.5, 0.6) is 0 Å². The van der Waals surface area contributed by atoms with Crippen LogP contribution >= 0.6 is 0 Å². The molecule has 3 nitrogen and oxygen atoms in total. The van der Waals surface area contributed by atoms with Gasteiger partial charge in [0.2, 0.25) is 0 Å². The lowest BCUT2D eigenvalue weighted by molar-refractivity contribution is 0.593. The first kappa shape index (κ1) is 13.8. The second kappa shape index (κ2) is 4.97. The summed E-state index contributed by atoms with van der Waals surface area (Å²) in [6.07, 6.45) is 0. The lowest BCUT2D eigenvalue weighted by Crippen LogP contribution is -2.10. The van der Waals surface area contributed by atoms with Gasteiger partial charge in [0.15, 0.2) is 9.84 Å². The second-order valence-electron chi connectivity index (χ2n) is 5.05. The first-order chi connectivity index (χ1) is 10.1. The molecule has 0 radical (unpaired) electrons. The Morgan fingerprint density at radius 2 is 1.62 bits per heavy atom. The van der Waals surface area contributed by atoms with Gasteiger partial charge in [0.25, 0.3) is 0 Å². The van der Waals surface area contributed by atoms with Gasteiger partial charge >= 0.3 is 0 Å². The van der Waals surface area contributed by atoms with Crippen LogP contribution in [0, 0.1) is 23.1 Å². The van der Waals surface area contributed by atoms with Gasteiger partial charge in [-0.15, -0.1) is 0 Å². The Morgan fingerprint density at radius 3 is 2.19 bits per heavy atom. The van der Waals surface area contributed by atoms with Gasteiger partial charge in [0.05, 0.1) is 22.1 Å². The molecule has 0 aromatic heterocycles. The molecule has 1 aliphatic carbocycles. The van der Waals surface area contributed by atoms with Crippen molar-refractivity contribution in [1.29, 1.82) is 5.26 Å². The molecule has 0 saturated heterocycles. The zero-order valence-electron chi connectivity index (χ0n) is 11.0. The summed E-state index contributed by atoms with van der Waals surface area (Å²) in [4.78, 5) is 0.222. The number of nitrogens with zero attached hydrogens (tertiary/aromatic N) is 1. The van der Waals surface area contributed by atoms with Crippen molar-refractivity contribution >= 4 is 9.84 Å². The van der Waals surface area contributed by atoms with Crippen LogP contribution in [-0.4, -0.2) is 13.7 Å². The molecule has 0 unspecified atom stereocenters. The van der Waals surface area contributed by atoms with Crippen molar-refractivity contribution in [2.24, 2.45) is 5.92 Å². The predicted octanol–water partition coefficient (Wildman–Crippen LogP) is 2.91. The van der Waals surface area contributed by atoms with Crippen molar-refractivity contribution in [2.75, 3.05) is 0 Å². The molecule has 106 valence electrons. The maximum absolute atomic E-state index is 13.0. The van der Waals surface area contributed by atoms with Crippen LogP contribution in [0.15, 0.2) is 59.5 Å². The Kier molecular flexibility index (Phi) is 3.26. The van der Waals surface area contributed by atoms with Gasteiger partial charge in [0, 0.05) is 5.92 Å². The highest BCUT2D eigenvalue weighted by Gasteiger charge is 2.59. The highest BCUT2D eigenvalue weighted by molar-refractivity contribution is 7.92. The predicted molar refractivity (Wildman–Crippen MR) is 75.7 cm³/mol. The molecular weight excluding hydrogens is 289 g/mol. The van der Waals surface area contributed by atoms with E-state index >= 15 is 0 Å². The zero-order chi connectivity index (χ0) is 15.0. The van der Waals surface area contributed by atoms with E-state index in [-0.39, 0.29) is 16.6 Å². The summed E-state index contributed by atoms with van der Waals surface area (Å²) in [6, 6.07) is 15.8. The fourth-order valence-electron chi connectivity index (χ4n) is 2.67. The van der Waals surface area contributed by atoms with Crippen LogP contribution < -0.4 is 0 Å². The van der Waals surface area contributed by atoms with Crippen molar-refractivity contribution in [3.8, 4) is 6.07 Å². The van der Waals surface area contributed by atoms with E-state index in [9.17, 15) is 18.1 Å². The minimum Gasteiger partial charge on any atom is -0.223 e. The van der Waals surface area contributed by atoms with Gasteiger partial charge in [-0.25, -0.2) is 12.8 Å². The molecule has 0 spiro atoms. The third-order valence-electron chi connectivity index (χ3n) is 3.79. The lowest BCUT2D eigenvalue weighted by atomic mass is 10.1. The van der Waals surface area contributed by atoms with E-state index in [0.29, 0.717) is 5.56 Å². The first-order valence-electron chi connectivity index (χ1n) is 6.50. The van der Waals surface area contributed by atoms with Crippen LogP contribution in [0.25, 0.3) is 0 Å². The molecule has 2 aromatic carbocycles. The fraction of sp³-hybridized carbons (Fsp3) is 0.188. The van der Waals surface area contributed by atoms with Crippen LogP contribution in [0.1, 0.15) is 11.5 Å². The molecule has 3 atom stereocenters. The Labute approximate surface area is 122 Å². The van der Waals surface area contributed by atoms with Gasteiger partial charge in [-0.3, -0.25) is 0 Å². The number of sulfone groups is 1. The molecule has 0 N–H and O–H groups in total. The van der Waals surface area contributed by atoms with Gasteiger partial charge in [-0.2, -0.15) is 5.26 Å². The Morgan fingerprint density at radius 1 is 1.00 bits per heavy atom. The molecule has 3 rings (SSSR count). The minimum absolute atomic E-state index is 0.222. The van der Waals surface area contributed by atoms with Crippen molar-refractivity contribution in [3.05, 3.63) is 66.0 Å². The molecule has 21 heavy (non-hydrogen) atoms. The fourth-order valence-corrected chi connectivity index (χ4v) is 4.76. The molecule has 0 aliphatic heterocycles. The van der Waals surface area contributed by atoms with Crippen LogP contribution in [0.2, 0.25) is 0 Å². The van der Waals surface area contributed by atoms with E-state index < -0.39 is 21.0 Å². The second-order valence-corrected chi connectivity index (χ2v) is 7.16. The molecule has 5 heteroatoms. The monoisotopic (exact) mass is 301 g/mol. The first-order valence-corrected chi connectivity index (χ1v) is 8.04. The van der Waals surface area contributed by atoms with E-state index in [1.54, 1.807) is 30.3 Å². The number of rotatable bonds is 3. The smallest absolute Gasteiger partial charge is 0.183 e. The van der Waals surface area contributed by atoms with Crippen molar-refractivity contribution in [1.82, 2.24) is 0 Å². The molecular formula is C16H12FNO2S. The SMILES string of the molecule is N#C[C@H]1[C@@H](c2ccc(F)cc2)[C@@H]1S(=O)(=O)c1ccccc1. The Balaban J connectivity index is 1.96. The van der Waals surface area contributed by atoms with E-state index in [4.69, 9.17) is 0 Å². The molecule has 0 amide bonds. The standard InChI is InChI=1S/C16H12FNO2S/c17-12-8-6-11(7-9-12)15-14(10-18)16(15)21(19,20)13-4-2-1-3-5-13/h1-9,14-16H/t14-,15+,16+/m0/s1. The van der Waals surface area contributed by atoms with Crippen LogP contribution in [-0.2, 0) is 9.84 Å². The average molecular weight is 301 g/mol. The maximum Gasteiger partial charge on any atom is 0.183 e. The van der Waals surface area contributed by atoms with Crippen molar-refractivity contribution in [2.45, 2.75) is 16.1 Å². The van der Waals surface area contributed by atoms with Crippen molar-refractivity contribution < 1.29 is 12.8 Å². The quantitative estimate of drug-likeness (QED) is 0.876. The molecule has 1 aliphatic rings. The molecule has 1 fully saturated rings. The third kappa shape index (κ3) is 2.32. The number of hydrogen-bond donors (Lipinski definition) is 0. The Bertz CT molecular complexity index is 794. The summed E-state index contributed by atoms with van der Waals surface area (Å²) in [7, 11) is -3.55. The summed E-state index contributed by atoms with van der Waals surface area (Å²) >= 11 is 0. The molecule has 2 aromatic rings. The topological polar surface area (TPSA) is 57.9 Å². The summed E-state index contributed by atoms with van der Waals surface area (Å²) in [5.74, 6) is -1.35.